The number of carboxylic acids is 1. The number of carboxylic acid groups (broad SMARTS) is 1. The number of ether oxygens (including phenoxy) is 2. The molecule has 7 nitrogen and oxygen atoms in total. The molecule has 0 unspecified atom stereocenters. The van der Waals surface area contributed by atoms with E-state index in [0.717, 1.165) is 11.1 Å². The Morgan fingerprint density at radius 2 is 1.66 bits per heavy atom. The Bertz CT molecular complexity index is 1050. The Kier molecular flexibility index (Phi) is 8.09. The summed E-state index contributed by atoms with van der Waals surface area (Å²) in [6, 6.07) is 22.1. The van der Waals surface area contributed by atoms with E-state index in [0.29, 0.717) is 29.4 Å². The minimum Gasteiger partial charge on any atom is -0.508 e. The molecule has 0 atom stereocenters. The lowest BCUT2D eigenvalue weighted by Gasteiger charge is -2.11. The van der Waals surface area contributed by atoms with Crippen LogP contribution < -0.4 is 9.47 Å². The topological polar surface area (TPSA) is 97.6 Å². The number of aromatic hydroxyl groups is 1. The van der Waals surface area contributed by atoms with Crippen LogP contribution in [0.15, 0.2) is 78.0 Å². The van der Waals surface area contributed by atoms with Crippen LogP contribution in [0.5, 0.6) is 17.2 Å². The fraction of sp³-hybridized carbons (Fsp3) is 0.200. The first-order valence-corrected chi connectivity index (χ1v) is 10.1. The monoisotopic (exact) mass is 435 g/mol. The zero-order valence-electron chi connectivity index (χ0n) is 17.7. The minimum absolute atomic E-state index is 0.0273. The molecular weight excluding hydrogens is 410 g/mol. The first-order valence-electron chi connectivity index (χ1n) is 10.1. The zero-order valence-corrected chi connectivity index (χ0v) is 17.7. The van der Waals surface area contributed by atoms with Crippen molar-refractivity contribution >= 4 is 11.7 Å². The third-order valence-electron chi connectivity index (χ3n) is 4.68. The molecule has 0 saturated heterocycles. The summed E-state index contributed by atoms with van der Waals surface area (Å²) in [5.41, 5.74) is 3.12. The maximum Gasteiger partial charge on any atom is 0.303 e. The highest BCUT2D eigenvalue weighted by atomic mass is 16.6. The Labute approximate surface area is 186 Å². The number of rotatable bonds is 11. The Hall–Kier alpha value is -4.00. The second-order valence-corrected chi connectivity index (χ2v) is 6.99. The third kappa shape index (κ3) is 6.77. The molecule has 7 heteroatoms. The summed E-state index contributed by atoms with van der Waals surface area (Å²) in [6.07, 6.45) is 0.232. The van der Waals surface area contributed by atoms with Gasteiger partial charge in [0.25, 0.3) is 0 Å². The van der Waals surface area contributed by atoms with Crippen molar-refractivity contribution in [1.82, 2.24) is 0 Å². The van der Waals surface area contributed by atoms with Gasteiger partial charge in [0, 0.05) is 18.1 Å². The van der Waals surface area contributed by atoms with Crippen LogP contribution in [0.2, 0.25) is 0 Å². The summed E-state index contributed by atoms with van der Waals surface area (Å²) < 4.78 is 11.6. The molecular formula is C25H25NO6. The third-order valence-corrected chi connectivity index (χ3v) is 4.68. The predicted octanol–water partition coefficient (Wildman–Crippen LogP) is 4.42. The first-order chi connectivity index (χ1) is 15.5. The second-order valence-electron chi connectivity index (χ2n) is 6.99. The highest BCUT2D eigenvalue weighted by Gasteiger charge is 2.08. The number of nitrogens with zero attached hydrogens (tertiary/aromatic N) is 1. The molecule has 166 valence electrons. The summed E-state index contributed by atoms with van der Waals surface area (Å²) in [6.45, 7) is 0.579. The van der Waals surface area contributed by atoms with Crippen molar-refractivity contribution in [2.45, 2.75) is 19.4 Å². The smallest absolute Gasteiger partial charge is 0.303 e. The number of aryl methyl sites for hydroxylation is 1. The number of hydrogen-bond donors (Lipinski definition) is 2. The van der Waals surface area contributed by atoms with Gasteiger partial charge in [-0.1, -0.05) is 53.7 Å². The number of carbonyl (C=O) groups is 1. The van der Waals surface area contributed by atoms with Gasteiger partial charge in [-0.2, -0.15) is 0 Å². The largest absolute Gasteiger partial charge is 0.508 e. The fourth-order valence-corrected chi connectivity index (χ4v) is 2.99. The maximum atomic E-state index is 10.7. The van der Waals surface area contributed by atoms with E-state index >= 15 is 0 Å². The molecule has 3 aromatic rings. The van der Waals surface area contributed by atoms with E-state index in [1.807, 2.05) is 54.6 Å². The van der Waals surface area contributed by atoms with E-state index in [4.69, 9.17) is 19.4 Å². The highest BCUT2D eigenvalue weighted by Crippen LogP contribution is 2.25. The molecule has 32 heavy (non-hydrogen) atoms. The van der Waals surface area contributed by atoms with Gasteiger partial charge in [-0.15, -0.1) is 0 Å². The van der Waals surface area contributed by atoms with Crippen molar-refractivity contribution in [3.05, 3.63) is 89.5 Å². The molecule has 0 amide bonds. The van der Waals surface area contributed by atoms with Crippen LogP contribution in [0.3, 0.4) is 0 Å². The average molecular weight is 435 g/mol. The van der Waals surface area contributed by atoms with Gasteiger partial charge in [0.05, 0.1) is 0 Å². The molecule has 0 aliphatic rings. The summed E-state index contributed by atoms with van der Waals surface area (Å²) in [7, 11) is 1.50. The van der Waals surface area contributed by atoms with Gasteiger partial charge in [0.2, 0.25) is 0 Å². The normalized spacial score (nSPS) is 11.1. The van der Waals surface area contributed by atoms with Gasteiger partial charge < -0.3 is 24.5 Å². The molecule has 2 N–H and O–H groups in total. The standard InChI is InChI=1S/C25H25NO6/c1-30-26-23(19-5-3-2-4-6-19)17-32-21-11-7-18(8-12-21)16-31-22-13-9-20(24(27)15-22)10-14-25(28)29/h2-9,11-13,15,27H,10,14,16-17H2,1H3,(H,28,29)/b26-23-. The Morgan fingerprint density at radius 1 is 0.938 bits per heavy atom. The van der Waals surface area contributed by atoms with Crippen molar-refractivity contribution in [2.24, 2.45) is 5.16 Å². The van der Waals surface area contributed by atoms with E-state index < -0.39 is 5.97 Å². The van der Waals surface area contributed by atoms with Gasteiger partial charge in [-0.3, -0.25) is 4.79 Å². The maximum absolute atomic E-state index is 10.7. The number of oxime groups is 1. The quantitative estimate of drug-likeness (QED) is 0.342. The van der Waals surface area contributed by atoms with Gasteiger partial charge in [-0.25, -0.2) is 0 Å². The van der Waals surface area contributed by atoms with Gasteiger partial charge in [-0.05, 0) is 35.7 Å². The Balaban J connectivity index is 1.53. The van der Waals surface area contributed by atoms with Crippen molar-refractivity contribution in [3.63, 3.8) is 0 Å². The molecule has 0 aliphatic carbocycles. The highest BCUT2D eigenvalue weighted by molar-refractivity contribution is 6.01. The van der Waals surface area contributed by atoms with Gasteiger partial charge in [0.1, 0.15) is 43.3 Å². The van der Waals surface area contributed by atoms with Crippen LogP contribution in [-0.2, 0) is 22.7 Å². The van der Waals surface area contributed by atoms with E-state index in [-0.39, 0.29) is 25.2 Å². The van der Waals surface area contributed by atoms with Crippen LogP contribution >= 0.6 is 0 Å². The second kappa shape index (κ2) is 11.4. The Morgan fingerprint density at radius 3 is 2.31 bits per heavy atom. The molecule has 0 heterocycles. The average Bonchev–Trinajstić information content (AvgIpc) is 2.81. The lowest BCUT2D eigenvalue weighted by molar-refractivity contribution is -0.136. The minimum atomic E-state index is -0.903. The van der Waals surface area contributed by atoms with Crippen molar-refractivity contribution in [3.8, 4) is 17.2 Å². The number of aliphatic carboxylic acids is 1. The summed E-state index contributed by atoms with van der Waals surface area (Å²) in [5.74, 6) is 0.318. The van der Waals surface area contributed by atoms with E-state index in [1.165, 1.54) is 13.2 Å². The zero-order chi connectivity index (χ0) is 22.8. The molecule has 0 saturated carbocycles. The summed E-state index contributed by atoms with van der Waals surface area (Å²) in [5, 5.41) is 22.9. The molecule has 3 rings (SSSR count). The van der Waals surface area contributed by atoms with Crippen molar-refractivity contribution in [2.75, 3.05) is 13.7 Å². The number of phenols is 1. The van der Waals surface area contributed by atoms with Crippen LogP contribution in [0.1, 0.15) is 23.1 Å². The summed E-state index contributed by atoms with van der Waals surface area (Å²) in [4.78, 5) is 15.6. The molecule has 0 spiro atoms. The van der Waals surface area contributed by atoms with Crippen LogP contribution in [0.4, 0.5) is 0 Å². The summed E-state index contributed by atoms with van der Waals surface area (Å²) >= 11 is 0. The molecule has 0 fully saturated rings. The fourth-order valence-electron chi connectivity index (χ4n) is 2.99. The molecule has 0 bridgehead atoms. The lowest BCUT2D eigenvalue weighted by atomic mass is 10.1. The number of benzene rings is 3. The number of hydrogen-bond acceptors (Lipinski definition) is 6. The van der Waals surface area contributed by atoms with Crippen LogP contribution in [0, 0.1) is 0 Å². The van der Waals surface area contributed by atoms with Gasteiger partial charge >= 0.3 is 5.97 Å². The van der Waals surface area contributed by atoms with Crippen LogP contribution in [0.25, 0.3) is 0 Å². The van der Waals surface area contributed by atoms with Gasteiger partial charge in [0.15, 0.2) is 0 Å². The van der Waals surface area contributed by atoms with E-state index in [1.54, 1.807) is 12.1 Å². The molecule has 0 radical (unpaired) electrons. The van der Waals surface area contributed by atoms with Crippen molar-refractivity contribution in [1.29, 1.82) is 0 Å². The van der Waals surface area contributed by atoms with Crippen molar-refractivity contribution < 1.29 is 29.3 Å². The first kappa shape index (κ1) is 22.7. The lowest BCUT2D eigenvalue weighted by Crippen LogP contribution is -2.13. The molecule has 0 aliphatic heterocycles. The van der Waals surface area contributed by atoms with Crippen LogP contribution in [-0.4, -0.2) is 35.6 Å². The predicted molar refractivity (Wildman–Crippen MR) is 120 cm³/mol. The van der Waals surface area contributed by atoms with E-state index in [9.17, 15) is 9.90 Å². The van der Waals surface area contributed by atoms with E-state index in [2.05, 4.69) is 5.16 Å². The molecule has 3 aromatic carbocycles. The molecule has 0 aromatic heterocycles. The number of phenolic OH excluding ortho intramolecular Hbond substituents is 1. The SMILES string of the molecule is CO/N=C(/COc1ccc(COc2ccc(CCC(=O)O)c(O)c2)cc1)c1ccccc1.